The van der Waals surface area contributed by atoms with Gasteiger partial charge in [-0.3, -0.25) is 0 Å². The molecule has 1 aromatic rings. The summed E-state index contributed by atoms with van der Waals surface area (Å²) in [5.74, 6) is -0.854. The lowest BCUT2D eigenvalue weighted by Crippen LogP contribution is -2.45. The molecule has 1 heterocycles. The number of aromatic nitrogens is 2. The number of carbonyl (C=O) groups excluding carboxylic acids is 3. The highest BCUT2D eigenvalue weighted by Crippen LogP contribution is 2.25. The largest absolute Gasteiger partial charge is 0.461 e. The lowest BCUT2D eigenvalue weighted by Gasteiger charge is -2.28. The van der Waals surface area contributed by atoms with E-state index in [1.54, 1.807) is 48.5 Å². The maximum Gasteiger partial charge on any atom is 0.425 e. The number of rotatable bonds is 3. The Morgan fingerprint density at radius 3 is 1.88 bits per heavy atom. The fourth-order valence-corrected chi connectivity index (χ4v) is 1.89. The summed E-state index contributed by atoms with van der Waals surface area (Å²) < 4.78 is 16.9. The molecule has 1 aromatic heterocycles. The SMILES string of the molecule is CCOC(=O)c1ncn(C)c1N(C(=O)OC(C)(C)C)C(=O)OC(C)(C)C. The molecule has 0 saturated carbocycles. The summed E-state index contributed by atoms with van der Waals surface area (Å²) in [6, 6.07) is 0. The molecule has 146 valence electrons. The lowest BCUT2D eigenvalue weighted by atomic mass is 10.2. The highest BCUT2D eigenvalue weighted by atomic mass is 16.6. The highest BCUT2D eigenvalue weighted by Gasteiger charge is 2.37. The van der Waals surface area contributed by atoms with E-state index >= 15 is 0 Å². The van der Waals surface area contributed by atoms with Crippen LogP contribution in [0.5, 0.6) is 0 Å². The van der Waals surface area contributed by atoms with Crippen molar-refractivity contribution >= 4 is 24.0 Å². The molecule has 0 saturated heterocycles. The van der Waals surface area contributed by atoms with Crippen molar-refractivity contribution in [3.63, 3.8) is 0 Å². The van der Waals surface area contributed by atoms with Crippen LogP contribution in [-0.4, -0.2) is 45.5 Å². The molecule has 0 N–H and O–H groups in total. The van der Waals surface area contributed by atoms with Crippen molar-refractivity contribution in [3.8, 4) is 0 Å². The van der Waals surface area contributed by atoms with E-state index in [4.69, 9.17) is 14.2 Å². The molecule has 0 atom stereocenters. The predicted octanol–water partition coefficient (Wildman–Crippen LogP) is 3.27. The Bertz CT molecular complexity index is 654. The molecule has 0 aliphatic rings. The first-order valence-corrected chi connectivity index (χ1v) is 8.21. The first kappa shape index (κ1) is 21.5. The van der Waals surface area contributed by atoms with Gasteiger partial charge in [0.15, 0.2) is 11.5 Å². The molecule has 9 heteroatoms. The summed E-state index contributed by atoms with van der Waals surface area (Å²) >= 11 is 0. The Balaban J connectivity index is 3.42. The van der Waals surface area contributed by atoms with Crippen LogP contribution in [0.3, 0.4) is 0 Å². The van der Waals surface area contributed by atoms with Gasteiger partial charge in [-0.05, 0) is 48.5 Å². The Kier molecular flexibility index (Phi) is 6.40. The van der Waals surface area contributed by atoms with E-state index in [9.17, 15) is 14.4 Å². The fourth-order valence-electron chi connectivity index (χ4n) is 1.89. The standard InChI is InChI=1S/C17H27N3O6/c1-9-24-13(21)11-12(19(8)10-18-11)20(14(22)25-16(2,3)4)15(23)26-17(5,6)7/h10H,9H2,1-8H3. The molecule has 2 amide bonds. The molecule has 0 unspecified atom stereocenters. The second-order valence-corrected chi connectivity index (χ2v) is 7.54. The monoisotopic (exact) mass is 369 g/mol. The number of aryl methyl sites for hydroxylation is 1. The van der Waals surface area contributed by atoms with Crippen LogP contribution in [0, 0.1) is 0 Å². The molecule has 0 bridgehead atoms. The van der Waals surface area contributed by atoms with Gasteiger partial charge in [0, 0.05) is 7.05 Å². The van der Waals surface area contributed by atoms with Crippen molar-refractivity contribution < 1.29 is 28.6 Å². The van der Waals surface area contributed by atoms with E-state index < -0.39 is 29.4 Å². The zero-order valence-corrected chi connectivity index (χ0v) is 16.6. The van der Waals surface area contributed by atoms with Gasteiger partial charge < -0.3 is 18.8 Å². The van der Waals surface area contributed by atoms with Crippen LogP contribution in [-0.2, 0) is 21.3 Å². The molecule has 0 aliphatic carbocycles. The summed E-state index contributed by atoms with van der Waals surface area (Å²) in [5.41, 5.74) is -1.91. The van der Waals surface area contributed by atoms with Crippen LogP contribution in [0.25, 0.3) is 0 Å². The Morgan fingerprint density at radius 2 is 1.50 bits per heavy atom. The van der Waals surface area contributed by atoms with Crippen molar-refractivity contribution in [3.05, 3.63) is 12.0 Å². The Morgan fingerprint density at radius 1 is 1.04 bits per heavy atom. The zero-order chi connectivity index (χ0) is 20.3. The number of nitrogens with zero attached hydrogens (tertiary/aromatic N) is 3. The molecule has 0 aliphatic heterocycles. The van der Waals surface area contributed by atoms with Gasteiger partial charge in [0.2, 0.25) is 0 Å². The van der Waals surface area contributed by atoms with Gasteiger partial charge >= 0.3 is 18.2 Å². The van der Waals surface area contributed by atoms with Crippen molar-refractivity contribution in [2.75, 3.05) is 11.5 Å². The second kappa shape index (κ2) is 7.76. The average Bonchev–Trinajstić information content (AvgIpc) is 2.77. The molecular formula is C17H27N3O6. The summed E-state index contributed by atoms with van der Waals surface area (Å²) in [5, 5.41) is 0. The first-order valence-electron chi connectivity index (χ1n) is 8.21. The normalized spacial score (nSPS) is 11.7. The van der Waals surface area contributed by atoms with Crippen molar-refractivity contribution in [1.82, 2.24) is 9.55 Å². The first-order chi connectivity index (χ1) is 11.8. The van der Waals surface area contributed by atoms with Crippen LogP contribution in [0.4, 0.5) is 15.4 Å². The van der Waals surface area contributed by atoms with Crippen molar-refractivity contribution in [1.29, 1.82) is 0 Å². The van der Waals surface area contributed by atoms with Gasteiger partial charge in [-0.15, -0.1) is 0 Å². The van der Waals surface area contributed by atoms with Crippen LogP contribution >= 0.6 is 0 Å². The van der Waals surface area contributed by atoms with Crippen molar-refractivity contribution in [2.24, 2.45) is 7.05 Å². The van der Waals surface area contributed by atoms with Gasteiger partial charge in [-0.1, -0.05) is 0 Å². The van der Waals surface area contributed by atoms with Gasteiger partial charge in [0.05, 0.1) is 12.9 Å². The maximum atomic E-state index is 12.7. The minimum atomic E-state index is -0.985. The molecule has 26 heavy (non-hydrogen) atoms. The Hall–Kier alpha value is -2.58. The second-order valence-electron chi connectivity index (χ2n) is 7.54. The van der Waals surface area contributed by atoms with E-state index in [-0.39, 0.29) is 18.1 Å². The number of imidazole rings is 1. The van der Waals surface area contributed by atoms with E-state index in [1.807, 2.05) is 0 Å². The molecule has 0 spiro atoms. The number of ether oxygens (including phenoxy) is 3. The smallest absolute Gasteiger partial charge is 0.425 e. The van der Waals surface area contributed by atoms with Crippen LogP contribution in [0.2, 0.25) is 0 Å². The quantitative estimate of drug-likeness (QED) is 0.595. The number of anilines is 1. The highest BCUT2D eigenvalue weighted by molar-refractivity contribution is 6.12. The third kappa shape index (κ3) is 5.75. The molecule has 0 radical (unpaired) electrons. The van der Waals surface area contributed by atoms with Crippen LogP contribution in [0.1, 0.15) is 59.0 Å². The number of carbonyl (C=O) groups is 3. The number of hydrogen-bond donors (Lipinski definition) is 0. The zero-order valence-electron chi connectivity index (χ0n) is 16.6. The Labute approximate surface area is 153 Å². The minimum Gasteiger partial charge on any atom is -0.461 e. The van der Waals surface area contributed by atoms with E-state index in [0.29, 0.717) is 4.90 Å². The summed E-state index contributed by atoms with van der Waals surface area (Å²) in [4.78, 5) is 42.1. The molecule has 0 aromatic carbocycles. The van der Waals surface area contributed by atoms with E-state index in [2.05, 4.69) is 4.98 Å². The lowest BCUT2D eigenvalue weighted by molar-refractivity contribution is 0.0427. The average molecular weight is 369 g/mol. The number of esters is 1. The number of amides is 2. The summed E-state index contributed by atoms with van der Waals surface area (Å²) in [6.45, 7) is 11.7. The third-order valence-electron chi connectivity index (χ3n) is 2.74. The summed E-state index contributed by atoms with van der Waals surface area (Å²) in [6.07, 6.45) is -0.676. The van der Waals surface area contributed by atoms with Gasteiger partial charge in [-0.2, -0.15) is 4.90 Å². The summed E-state index contributed by atoms with van der Waals surface area (Å²) in [7, 11) is 1.53. The molecule has 1 rings (SSSR count). The maximum absolute atomic E-state index is 12.7. The molecule has 9 nitrogen and oxygen atoms in total. The number of hydrogen-bond acceptors (Lipinski definition) is 7. The van der Waals surface area contributed by atoms with Crippen molar-refractivity contribution in [2.45, 2.75) is 59.7 Å². The molecular weight excluding hydrogens is 342 g/mol. The van der Waals surface area contributed by atoms with Crippen LogP contribution in [0.15, 0.2) is 6.33 Å². The van der Waals surface area contributed by atoms with E-state index in [1.165, 1.54) is 17.9 Å². The van der Waals surface area contributed by atoms with Crippen LogP contribution < -0.4 is 4.90 Å². The molecule has 0 fully saturated rings. The minimum absolute atomic E-state index is 0.0908. The van der Waals surface area contributed by atoms with Gasteiger partial charge in [0.25, 0.3) is 0 Å². The predicted molar refractivity (Wildman–Crippen MR) is 94.1 cm³/mol. The van der Waals surface area contributed by atoms with E-state index in [0.717, 1.165) is 0 Å². The van der Waals surface area contributed by atoms with Gasteiger partial charge in [0.1, 0.15) is 11.2 Å². The van der Waals surface area contributed by atoms with Gasteiger partial charge in [-0.25, -0.2) is 19.4 Å². The third-order valence-corrected chi connectivity index (χ3v) is 2.74. The fraction of sp³-hybridized carbons (Fsp3) is 0.647. The topological polar surface area (TPSA) is 100.0 Å². The number of imide groups is 1.